The summed E-state index contributed by atoms with van der Waals surface area (Å²) in [7, 11) is -2.68. The molecule has 0 aliphatic rings. The number of carboxylic acids is 1. The third kappa shape index (κ3) is 3.23. The van der Waals surface area contributed by atoms with Crippen molar-refractivity contribution in [2.45, 2.75) is 11.8 Å². The van der Waals surface area contributed by atoms with E-state index in [1.807, 2.05) is 13.0 Å². The first-order chi connectivity index (χ1) is 12.3. The van der Waals surface area contributed by atoms with Crippen LogP contribution in [0.3, 0.4) is 0 Å². The van der Waals surface area contributed by atoms with Crippen LogP contribution in [0, 0.1) is 6.92 Å². The molecule has 0 saturated heterocycles. The molecule has 26 heavy (non-hydrogen) atoms. The molecule has 3 aromatic rings. The number of carbonyl (C=O) groups excluding carboxylic acids is 1. The number of aromatic carboxylic acids is 1. The standard InChI is InChI=1S/C19H17NO4S2/c1-13-8-10-15(11-9-13)20(2)26(23,24)18-16(12-25-17(18)19(21)22)14-6-4-3-5-7-14/h3-12H,1-2H3,(H,21,22)/p-1. The lowest BCUT2D eigenvalue weighted by Crippen LogP contribution is -2.30. The molecule has 0 spiro atoms. The quantitative estimate of drug-likeness (QED) is 0.675. The number of hydrogen-bond donors (Lipinski definition) is 0. The molecule has 5 nitrogen and oxygen atoms in total. The van der Waals surface area contributed by atoms with Crippen LogP contribution in [0.15, 0.2) is 64.9 Å². The summed E-state index contributed by atoms with van der Waals surface area (Å²) < 4.78 is 27.6. The van der Waals surface area contributed by atoms with E-state index in [0.29, 0.717) is 16.8 Å². The number of rotatable bonds is 5. The molecule has 134 valence electrons. The molecular formula is C19H16NO4S2-. The van der Waals surface area contributed by atoms with Crippen molar-refractivity contribution >= 4 is 33.0 Å². The van der Waals surface area contributed by atoms with Crippen molar-refractivity contribution in [3.63, 3.8) is 0 Å². The van der Waals surface area contributed by atoms with Gasteiger partial charge in [-0.3, -0.25) is 4.31 Å². The van der Waals surface area contributed by atoms with Gasteiger partial charge in [-0.05, 0) is 24.6 Å². The van der Waals surface area contributed by atoms with Gasteiger partial charge < -0.3 is 9.90 Å². The van der Waals surface area contributed by atoms with Crippen LogP contribution in [0.25, 0.3) is 11.1 Å². The lowest BCUT2D eigenvalue weighted by Gasteiger charge is -2.21. The second-order valence-electron chi connectivity index (χ2n) is 5.77. The molecule has 0 saturated carbocycles. The smallest absolute Gasteiger partial charge is 0.266 e. The third-order valence-electron chi connectivity index (χ3n) is 4.03. The van der Waals surface area contributed by atoms with E-state index in [2.05, 4.69) is 0 Å². The molecule has 0 amide bonds. The van der Waals surface area contributed by atoms with Gasteiger partial charge in [-0.1, -0.05) is 48.0 Å². The van der Waals surface area contributed by atoms with Crippen molar-refractivity contribution < 1.29 is 18.3 Å². The maximum absolute atomic E-state index is 13.2. The molecule has 1 heterocycles. The van der Waals surface area contributed by atoms with Crippen LogP contribution in [0.5, 0.6) is 0 Å². The van der Waals surface area contributed by atoms with Gasteiger partial charge in [0.2, 0.25) is 0 Å². The molecular weight excluding hydrogens is 370 g/mol. The molecule has 0 fully saturated rings. The molecule has 0 radical (unpaired) electrons. The van der Waals surface area contributed by atoms with Gasteiger partial charge >= 0.3 is 0 Å². The number of anilines is 1. The minimum absolute atomic E-state index is 0.239. The van der Waals surface area contributed by atoms with Gasteiger partial charge in [0.05, 0.1) is 16.5 Å². The van der Waals surface area contributed by atoms with Crippen molar-refractivity contribution in [2.24, 2.45) is 0 Å². The van der Waals surface area contributed by atoms with Gasteiger partial charge in [-0.2, -0.15) is 0 Å². The van der Waals surface area contributed by atoms with Crippen LogP contribution in [-0.4, -0.2) is 21.4 Å². The summed E-state index contributed by atoms with van der Waals surface area (Å²) in [6.45, 7) is 1.90. The number of hydrogen-bond acceptors (Lipinski definition) is 5. The first-order valence-corrected chi connectivity index (χ1v) is 10.1. The fraction of sp³-hybridized carbons (Fsp3) is 0.105. The Morgan fingerprint density at radius 3 is 2.23 bits per heavy atom. The third-order valence-corrected chi connectivity index (χ3v) is 6.99. The molecule has 0 unspecified atom stereocenters. The number of carboxylic acid groups (broad SMARTS) is 1. The van der Waals surface area contributed by atoms with Gasteiger partial charge in [0.1, 0.15) is 4.90 Å². The highest BCUT2D eigenvalue weighted by Gasteiger charge is 2.30. The monoisotopic (exact) mass is 386 g/mol. The summed E-state index contributed by atoms with van der Waals surface area (Å²) in [4.78, 5) is 11.0. The van der Waals surface area contributed by atoms with E-state index in [1.54, 1.807) is 48.5 Å². The Kier molecular flexibility index (Phi) is 4.84. The SMILES string of the molecule is Cc1ccc(N(C)S(=O)(=O)c2c(-c3ccccc3)csc2C(=O)[O-])cc1. The van der Waals surface area contributed by atoms with E-state index in [-0.39, 0.29) is 9.77 Å². The second-order valence-corrected chi connectivity index (χ2v) is 8.55. The van der Waals surface area contributed by atoms with Gasteiger partial charge in [0.15, 0.2) is 0 Å². The van der Waals surface area contributed by atoms with Crippen molar-refractivity contribution in [3.8, 4) is 11.1 Å². The molecule has 0 N–H and O–H groups in total. The number of sulfonamides is 1. The Bertz CT molecular complexity index is 1040. The minimum Gasteiger partial charge on any atom is -0.544 e. The number of benzene rings is 2. The van der Waals surface area contributed by atoms with E-state index in [0.717, 1.165) is 21.2 Å². The average molecular weight is 386 g/mol. The van der Waals surface area contributed by atoms with Crippen LogP contribution >= 0.6 is 11.3 Å². The fourth-order valence-corrected chi connectivity index (χ4v) is 5.37. The number of carbonyl (C=O) groups is 1. The van der Waals surface area contributed by atoms with Gasteiger partial charge in [-0.15, -0.1) is 11.3 Å². The lowest BCUT2D eigenvalue weighted by atomic mass is 10.1. The van der Waals surface area contributed by atoms with Crippen molar-refractivity contribution in [2.75, 3.05) is 11.4 Å². The molecule has 0 atom stereocenters. The summed E-state index contributed by atoms with van der Waals surface area (Å²) >= 11 is 0.853. The zero-order chi connectivity index (χ0) is 18.9. The number of aryl methyl sites for hydroxylation is 1. The molecule has 1 aromatic heterocycles. The van der Waals surface area contributed by atoms with E-state index in [4.69, 9.17) is 0 Å². The fourth-order valence-electron chi connectivity index (χ4n) is 2.59. The van der Waals surface area contributed by atoms with E-state index in [9.17, 15) is 18.3 Å². The van der Waals surface area contributed by atoms with Gasteiger partial charge in [0, 0.05) is 18.0 Å². The number of thiophene rings is 1. The molecule has 0 bridgehead atoms. The van der Waals surface area contributed by atoms with Crippen LogP contribution in [0.1, 0.15) is 15.2 Å². The van der Waals surface area contributed by atoms with E-state index < -0.39 is 16.0 Å². The topological polar surface area (TPSA) is 77.5 Å². The summed E-state index contributed by atoms with van der Waals surface area (Å²) in [5, 5.41) is 13.1. The maximum Gasteiger partial charge on any atom is 0.266 e. The zero-order valence-electron chi connectivity index (χ0n) is 14.2. The van der Waals surface area contributed by atoms with Crippen LogP contribution in [0.2, 0.25) is 0 Å². The average Bonchev–Trinajstić information content (AvgIpc) is 3.09. The Balaban J connectivity index is 2.19. The van der Waals surface area contributed by atoms with Crippen molar-refractivity contribution in [3.05, 3.63) is 70.4 Å². The number of nitrogens with zero attached hydrogens (tertiary/aromatic N) is 1. The van der Waals surface area contributed by atoms with E-state index in [1.165, 1.54) is 12.4 Å². The van der Waals surface area contributed by atoms with Gasteiger partial charge in [-0.25, -0.2) is 8.42 Å². The highest BCUT2D eigenvalue weighted by Crippen LogP contribution is 2.37. The molecule has 2 aromatic carbocycles. The Hall–Kier alpha value is -2.64. The first-order valence-electron chi connectivity index (χ1n) is 7.76. The Morgan fingerprint density at radius 1 is 1.04 bits per heavy atom. The van der Waals surface area contributed by atoms with E-state index >= 15 is 0 Å². The molecule has 0 aliphatic heterocycles. The predicted molar refractivity (Wildman–Crippen MR) is 101 cm³/mol. The van der Waals surface area contributed by atoms with Crippen LogP contribution < -0.4 is 9.41 Å². The Morgan fingerprint density at radius 2 is 1.65 bits per heavy atom. The molecule has 3 rings (SSSR count). The van der Waals surface area contributed by atoms with Crippen molar-refractivity contribution in [1.82, 2.24) is 0 Å². The highest BCUT2D eigenvalue weighted by molar-refractivity contribution is 7.93. The summed E-state index contributed by atoms with van der Waals surface area (Å²) in [6, 6.07) is 15.8. The van der Waals surface area contributed by atoms with Crippen LogP contribution in [-0.2, 0) is 10.0 Å². The summed E-state index contributed by atoms with van der Waals surface area (Å²) in [6.07, 6.45) is 0. The Labute approximate surface area is 156 Å². The largest absolute Gasteiger partial charge is 0.544 e. The second kappa shape index (κ2) is 6.93. The first kappa shape index (κ1) is 18.2. The maximum atomic E-state index is 13.2. The lowest BCUT2D eigenvalue weighted by molar-refractivity contribution is -0.254. The van der Waals surface area contributed by atoms with Gasteiger partial charge in [0.25, 0.3) is 10.0 Å². The molecule has 0 aliphatic carbocycles. The zero-order valence-corrected chi connectivity index (χ0v) is 15.8. The summed E-state index contributed by atoms with van der Waals surface area (Å²) in [5.41, 5.74) is 2.43. The predicted octanol–water partition coefficient (Wildman–Crippen LogP) is 2.91. The summed E-state index contributed by atoms with van der Waals surface area (Å²) in [5.74, 6) is -1.51. The minimum atomic E-state index is -4.09. The normalized spacial score (nSPS) is 11.3. The highest BCUT2D eigenvalue weighted by atomic mass is 32.2. The molecule has 7 heteroatoms. The van der Waals surface area contributed by atoms with Crippen molar-refractivity contribution in [1.29, 1.82) is 0 Å². The van der Waals surface area contributed by atoms with Crippen LogP contribution in [0.4, 0.5) is 5.69 Å².